The van der Waals surface area contributed by atoms with E-state index in [1.54, 1.807) is 6.08 Å². The van der Waals surface area contributed by atoms with Crippen molar-refractivity contribution in [3.05, 3.63) is 199 Å². The molecule has 0 atom stereocenters. The van der Waals surface area contributed by atoms with E-state index in [2.05, 4.69) is 122 Å². The number of hydrogen-bond acceptors (Lipinski definition) is 7. The Balaban J connectivity index is 1.05. The van der Waals surface area contributed by atoms with E-state index in [1.807, 2.05) is 83.3 Å². The Morgan fingerprint density at radius 2 is 1.09 bits per heavy atom. The maximum Gasteiger partial charge on any atom is 0.164 e. The topological polar surface area (TPSA) is 65.0 Å². The number of aromatic nitrogens is 3. The van der Waals surface area contributed by atoms with E-state index in [9.17, 15) is 0 Å². The number of benzene rings is 8. The number of hydrogen-bond donors (Lipinski definition) is 0. The molecular formula is C57H33N3O2S2. The van der Waals surface area contributed by atoms with Gasteiger partial charge in [0.2, 0.25) is 0 Å². The van der Waals surface area contributed by atoms with Crippen molar-refractivity contribution >= 4 is 108 Å². The van der Waals surface area contributed by atoms with Gasteiger partial charge in [-0.05, 0) is 76.9 Å². The molecule has 0 aliphatic rings. The van der Waals surface area contributed by atoms with Crippen molar-refractivity contribution in [3.63, 3.8) is 0 Å². The van der Waals surface area contributed by atoms with Crippen LogP contribution in [-0.4, -0.2) is 15.0 Å². The van der Waals surface area contributed by atoms with Crippen LogP contribution in [-0.2, 0) is 0 Å². The number of para-hydroxylation sites is 1. The molecule has 64 heavy (non-hydrogen) atoms. The van der Waals surface area contributed by atoms with Crippen LogP contribution in [0.5, 0.6) is 0 Å². The molecule has 8 aromatic carbocycles. The van der Waals surface area contributed by atoms with Gasteiger partial charge in [0.1, 0.15) is 22.2 Å². The Kier molecular flexibility index (Phi) is 8.19. The normalized spacial score (nSPS) is 12.4. The van der Waals surface area contributed by atoms with Gasteiger partial charge in [0.15, 0.2) is 17.5 Å². The van der Waals surface area contributed by atoms with Crippen molar-refractivity contribution in [1.29, 1.82) is 0 Å². The van der Waals surface area contributed by atoms with Crippen LogP contribution < -0.4 is 10.6 Å². The molecule has 5 heterocycles. The molecule has 7 heteroatoms. The van der Waals surface area contributed by atoms with Crippen molar-refractivity contribution in [3.8, 4) is 45.0 Å². The van der Waals surface area contributed by atoms with Crippen LogP contribution in [0.15, 0.2) is 191 Å². The second-order valence-electron chi connectivity index (χ2n) is 16.0. The maximum atomic E-state index is 6.48. The van der Waals surface area contributed by atoms with Crippen LogP contribution >= 0.6 is 22.7 Å². The lowest BCUT2D eigenvalue weighted by Gasteiger charge is -2.14. The second-order valence-corrected chi connectivity index (χ2v) is 18.1. The van der Waals surface area contributed by atoms with Gasteiger partial charge in [0.25, 0.3) is 0 Å². The molecule has 0 spiro atoms. The van der Waals surface area contributed by atoms with E-state index < -0.39 is 0 Å². The highest BCUT2D eigenvalue weighted by Gasteiger charge is 2.21. The van der Waals surface area contributed by atoms with Gasteiger partial charge >= 0.3 is 0 Å². The lowest BCUT2D eigenvalue weighted by Crippen LogP contribution is -2.23. The highest BCUT2D eigenvalue weighted by Crippen LogP contribution is 2.46. The van der Waals surface area contributed by atoms with Crippen molar-refractivity contribution in [2.24, 2.45) is 0 Å². The van der Waals surface area contributed by atoms with E-state index in [0.717, 1.165) is 49.2 Å². The van der Waals surface area contributed by atoms with Gasteiger partial charge in [-0.2, -0.15) is 0 Å². The molecule has 300 valence electrons. The van der Waals surface area contributed by atoms with Gasteiger partial charge in [-0.15, -0.1) is 22.7 Å². The molecule has 0 saturated heterocycles. The predicted octanol–water partition coefficient (Wildman–Crippen LogP) is 14.7. The molecular weight excluding hydrogens is 823 g/mol. The molecule has 0 aliphatic heterocycles. The Morgan fingerprint density at radius 1 is 0.453 bits per heavy atom. The molecule has 13 aromatic rings. The van der Waals surface area contributed by atoms with Crippen LogP contribution in [0.25, 0.3) is 130 Å². The fourth-order valence-electron chi connectivity index (χ4n) is 9.36. The minimum Gasteiger partial charge on any atom is -0.457 e. The molecule has 0 bridgehead atoms. The van der Waals surface area contributed by atoms with Crippen LogP contribution in [0.2, 0.25) is 0 Å². The molecule has 0 N–H and O–H groups in total. The van der Waals surface area contributed by atoms with Crippen molar-refractivity contribution in [1.82, 2.24) is 15.0 Å². The van der Waals surface area contributed by atoms with Crippen LogP contribution in [0, 0.1) is 0 Å². The fraction of sp³-hybridized carbons (Fsp3) is 0. The Bertz CT molecular complexity index is 4190. The van der Waals surface area contributed by atoms with E-state index in [0.29, 0.717) is 34.0 Å². The average molecular weight is 856 g/mol. The molecule has 0 unspecified atom stereocenters. The van der Waals surface area contributed by atoms with Crippen LogP contribution in [0.4, 0.5) is 0 Å². The van der Waals surface area contributed by atoms with Crippen molar-refractivity contribution in [2.45, 2.75) is 0 Å². The average Bonchev–Trinajstić information content (AvgIpc) is 4.11. The zero-order valence-corrected chi connectivity index (χ0v) is 35.8. The molecule has 0 radical (unpaired) electrons. The van der Waals surface area contributed by atoms with Crippen molar-refractivity contribution in [2.75, 3.05) is 0 Å². The fourth-order valence-corrected chi connectivity index (χ4v) is 11.6. The standard InChI is InChI=1S/C57H33N3O2S2/c1-3-37(57-59-55(33-13-5-4-6-14-33)58-56(60-57)36-22-24-40-39-15-7-10-18-45(39)62-47(40)30-36)52-32(2)61-46-27-23-35(29-44(46)52)53-38(26-28-50-54(53)43-17-9-12-20-49(43)63-50)34-21-25-42-41-16-8-11-19-48(41)64-51(42)31-34/h3-31H,1-2H2/b52-37-. The minimum absolute atomic E-state index is 0.463. The zero-order valence-electron chi connectivity index (χ0n) is 34.1. The van der Waals surface area contributed by atoms with E-state index >= 15 is 0 Å². The quantitative estimate of drug-likeness (QED) is 0.167. The van der Waals surface area contributed by atoms with Gasteiger partial charge in [0, 0.05) is 78.4 Å². The zero-order chi connectivity index (χ0) is 42.5. The number of furan rings is 2. The van der Waals surface area contributed by atoms with Gasteiger partial charge in [-0.3, -0.25) is 0 Å². The summed E-state index contributed by atoms with van der Waals surface area (Å²) in [5.41, 5.74) is 9.76. The van der Waals surface area contributed by atoms with Gasteiger partial charge in [-0.25, -0.2) is 15.0 Å². The third-order valence-corrected chi connectivity index (χ3v) is 14.6. The number of thiophene rings is 2. The summed E-state index contributed by atoms with van der Waals surface area (Å²) in [4.78, 5) is 15.3. The van der Waals surface area contributed by atoms with E-state index in [-0.39, 0.29) is 0 Å². The molecule has 5 aromatic heterocycles. The summed E-state index contributed by atoms with van der Waals surface area (Å²) in [5, 5.41) is 8.81. The summed E-state index contributed by atoms with van der Waals surface area (Å²) in [6, 6.07) is 59.5. The molecule has 5 nitrogen and oxygen atoms in total. The summed E-state index contributed by atoms with van der Waals surface area (Å²) < 4.78 is 17.8. The van der Waals surface area contributed by atoms with Gasteiger partial charge in [-0.1, -0.05) is 134 Å². The Labute approximate surface area is 373 Å². The predicted molar refractivity (Wildman–Crippen MR) is 268 cm³/mol. The number of allylic oxidation sites excluding steroid dienone is 1. The first-order valence-electron chi connectivity index (χ1n) is 21.0. The van der Waals surface area contributed by atoms with Crippen molar-refractivity contribution < 1.29 is 8.83 Å². The number of nitrogens with zero attached hydrogens (tertiary/aromatic N) is 3. The number of rotatable bonds is 6. The lowest BCUT2D eigenvalue weighted by molar-refractivity contribution is 0.577. The summed E-state index contributed by atoms with van der Waals surface area (Å²) in [6.07, 6.45) is 1.81. The first-order valence-corrected chi connectivity index (χ1v) is 22.7. The number of fused-ring (bicyclic) bond motifs is 10. The SMILES string of the molecule is C=C/C(c1nc(-c2ccccc2)nc(-c2ccc3c(c2)oc2ccccc23)n1)=c1\c(=C)oc2ccc(-c3c(-c4ccc5c(c4)sc4ccccc45)ccc4sc5ccccc5c34)cc12. The molecule has 0 amide bonds. The summed E-state index contributed by atoms with van der Waals surface area (Å²) >= 11 is 3.66. The summed E-state index contributed by atoms with van der Waals surface area (Å²) in [5.74, 6) is 1.52. The molecule has 0 aliphatic carbocycles. The highest BCUT2D eigenvalue weighted by atomic mass is 32.1. The molecule has 0 fully saturated rings. The highest BCUT2D eigenvalue weighted by molar-refractivity contribution is 7.26. The minimum atomic E-state index is 0.463. The summed E-state index contributed by atoms with van der Waals surface area (Å²) in [6.45, 7) is 8.78. The smallest absolute Gasteiger partial charge is 0.164 e. The maximum absolute atomic E-state index is 6.48. The van der Waals surface area contributed by atoms with Gasteiger partial charge in [0.05, 0.1) is 0 Å². The van der Waals surface area contributed by atoms with Crippen LogP contribution in [0.1, 0.15) is 5.82 Å². The van der Waals surface area contributed by atoms with Crippen LogP contribution in [0.3, 0.4) is 0 Å². The third kappa shape index (κ3) is 5.72. The summed E-state index contributed by atoms with van der Waals surface area (Å²) in [7, 11) is 0. The van der Waals surface area contributed by atoms with E-state index in [1.165, 1.54) is 57.0 Å². The monoisotopic (exact) mass is 855 g/mol. The molecule has 0 saturated carbocycles. The molecule has 13 rings (SSSR count). The third-order valence-electron chi connectivity index (χ3n) is 12.3. The Morgan fingerprint density at radius 3 is 1.94 bits per heavy atom. The van der Waals surface area contributed by atoms with Gasteiger partial charge < -0.3 is 8.83 Å². The first-order chi connectivity index (χ1) is 31.6. The lowest BCUT2D eigenvalue weighted by atomic mass is 9.90. The van der Waals surface area contributed by atoms with E-state index in [4.69, 9.17) is 23.8 Å². The first kappa shape index (κ1) is 36.7. The Hall–Kier alpha value is -7.97. The largest absolute Gasteiger partial charge is 0.457 e. The second kappa shape index (κ2) is 14.3.